The van der Waals surface area contributed by atoms with E-state index >= 15 is 0 Å². The highest BCUT2D eigenvalue weighted by atomic mass is 32.2. The zero-order chi connectivity index (χ0) is 19.1. The van der Waals surface area contributed by atoms with Crippen molar-refractivity contribution in [2.45, 2.75) is 43.0 Å². The molecule has 0 N–H and O–H groups in total. The minimum atomic E-state index is -4.13. The number of ether oxygens (including phenoxy) is 2. The molecule has 3 atom stereocenters. The summed E-state index contributed by atoms with van der Waals surface area (Å²) in [7, 11) is -4.13. The quantitative estimate of drug-likeness (QED) is 0.537. The minimum Gasteiger partial charge on any atom is -0.465 e. The summed E-state index contributed by atoms with van der Waals surface area (Å²) >= 11 is 0. The number of nitrogens with zero attached hydrogens (tertiary/aromatic N) is 1. The van der Waals surface area contributed by atoms with Crippen molar-refractivity contribution in [3.63, 3.8) is 0 Å². The summed E-state index contributed by atoms with van der Waals surface area (Å²) in [5.74, 6) is -2.50. The van der Waals surface area contributed by atoms with E-state index in [-0.39, 0.29) is 19.6 Å². The van der Waals surface area contributed by atoms with Crippen molar-refractivity contribution < 1.29 is 32.3 Å². The fraction of sp³-hybridized carbons (Fsp3) is 0.471. The first-order chi connectivity index (χ1) is 12.2. The molecule has 8 nitrogen and oxygen atoms in total. The highest BCUT2D eigenvalue weighted by Crippen LogP contribution is 2.47. The lowest BCUT2D eigenvalue weighted by molar-refractivity contribution is -0.166. The molecular formula is C17H19NO7S. The molecule has 2 fully saturated rings. The first-order valence-corrected chi connectivity index (χ1v) is 9.72. The van der Waals surface area contributed by atoms with Crippen molar-refractivity contribution in [3.8, 4) is 0 Å². The molecule has 1 aromatic carbocycles. The van der Waals surface area contributed by atoms with Gasteiger partial charge in [0.05, 0.1) is 13.0 Å². The predicted octanol–water partition coefficient (Wildman–Crippen LogP) is 0.407. The van der Waals surface area contributed by atoms with Crippen molar-refractivity contribution >= 4 is 27.7 Å². The van der Waals surface area contributed by atoms with E-state index in [0.29, 0.717) is 5.56 Å². The second kappa shape index (κ2) is 6.39. The molecule has 0 saturated carbocycles. The zero-order valence-corrected chi connectivity index (χ0v) is 15.2. The van der Waals surface area contributed by atoms with Crippen LogP contribution in [0.1, 0.15) is 25.8 Å². The summed E-state index contributed by atoms with van der Waals surface area (Å²) < 4.78 is 33.6. The third-order valence-corrected chi connectivity index (χ3v) is 7.51. The average molecular weight is 381 g/mol. The number of β-lactam (4-membered cyclic amide) rings is 1. The molecule has 0 radical (unpaired) electrons. The Balaban J connectivity index is 1.92. The number of rotatable bonds is 5. The van der Waals surface area contributed by atoms with E-state index in [2.05, 4.69) is 0 Å². The third-order valence-electron chi connectivity index (χ3n) is 4.82. The number of carbonyl (C=O) groups excluding carboxylic acids is 3. The molecule has 0 aromatic heterocycles. The van der Waals surface area contributed by atoms with Crippen LogP contribution in [0.2, 0.25) is 0 Å². The number of hydrogen-bond acceptors (Lipinski definition) is 7. The fourth-order valence-corrected chi connectivity index (χ4v) is 5.60. The van der Waals surface area contributed by atoms with Crippen LogP contribution >= 0.6 is 0 Å². The van der Waals surface area contributed by atoms with Gasteiger partial charge in [0.15, 0.2) is 20.6 Å². The summed E-state index contributed by atoms with van der Waals surface area (Å²) in [6.45, 7) is 2.52. The molecule has 0 spiro atoms. The van der Waals surface area contributed by atoms with Gasteiger partial charge in [0.25, 0.3) is 0 Å². The second-order valence-electron chi connectivity index (χ2n) is 6.33. The van der Waals surface area contributed by atoms with Crippen molar-refractivity contribution in [2.24, 2.45) is 0 Å². The highest BCUT2D eigenvalue weighted by Gasteiger charge is 2.74. The van der Waals surface area contributed by atoms with E-state index in [9.17, 15) is 22.8 Å². The van der Waals surface area contributed by atoms with Crippen molar-refractivity contribution in [1.82, 2.24) is 4.90 Å². The monoisotopic (exact) mass is 381 g/mol. The van der Waals surface area contributed by atoms with Gasteiger partial charge in [-0.15, -0.1) is 0 Å². The molecule has 0 aliphatic carbocycles. The molecule has 1 aromatic rings. The number of sulfone groups is 1. The molecule has 0 bridgehead atoms. The van der Waals surface area contributed by atoms with Gasteiger partial charge in [-0.2, -0.15) is 0 Å². The van der Waals surface area contributed by atoms with Crippen molar-refractivity contribution in [2.75, 3.05) is 6.61 Å². The van der Waals surface area contributed by atoms with Gasteiger partial charge in [-0.25, -0.2) is 13.2 Å². The van der Waals surface area contributed by atoms with E-state index in [1.165, 1.54) is 6.92 Å². The van der Waals surface area contributed by atoms with Gasteiger partial charge >= 0.3 is 11.9 Å². The van der Waals surface area contributed by atoms with Crippen molar-refractivity contribution in [3.05, 3.63) is 35.9 Å². The lowest BCUT2D eigenvalue weighted by Gasteiger charge is -2.36. The smallest absolute Gasteiger partial charge is 0.331 e. The zero-order valence-electron chi connectivity index (χ0n) is 14.4. The van der Waals surface area contributed by atoms with Crippen LogP contribution in [0, 0.1) is 0 Å². The largest absolute Gasteiger partial charge is 0.465 e. The van der Waals surface area contributed by atoms with Gasteiger partial charge in [0.2, 0.25) is 5.91 Å². The lowest BCUT2D eigenvalue weighted by Crippen LogP contribution is -2.59. The summed E-state index contributed by atoms with van der Waals surface area (Å²) in [6.07, 6.45) is -0.250. The molecular weight excluding hydrogens is 362 g/mol. The Morgan fingerprint density at radius 3 is 2.46 bits per heavy atom. The predicted molar refractivity (Wildman–Crippen MR) is 89.2 cm³/mol. The number of fused-ring (bicyclic) bond motifs is 1. The van der Waals surface area contributed by atoms with Crippen LogP contribution in [0.5, 0.6) is 0 Å². The molecule has 26 heavy (non-hydrogen) atoms. The molecule has 1 amide bonds. The third kappa shape index (κ3) is 2.49. The van der Waals surface area contributed by atoms with Gasteiger partial charge in [-0.05, 0) is 19.4 Å². The maximum Gasteiger partial charge on any atom is 0.331 e. The van der Waals surface area contributed by atoms with E-state index in [1.807, 2.05) is 0 Å². The lowest BCUT2D eigenvalue weighted by atomic mass is 9.96. The fourth-order valence-electron chi connectivity index (χ4n) is 3.32. The molecule has 2 heterocycles. The standard InChI is InChI=1S/C17H19NO7S/c1-3-24-16(21)17(2)14(18-12(19)9-13(18)26(17,22)23)15(20)25-10-11-7-5-4-6-8-11/h4-8,13-14H,3,9-10H2,1-2H3/t13-,14+,17-/m1/s1. The number of hydrogen-bond donors (Lipinski definition) is 0. The molecule has 3 rings (SSSR count). The Bertz CT molecular complexity index is 851. The first-order valence-electron chi connectivity index (χ1n) is 8.17. The Kier molecular flexibility index (Phi) is 4.51. The Morgan fingerprint density at radius 2 is 1.88 bits per heavy atom. The van der Waals surface area contributed by atoms with Crippen LogP contribution in [-0.4, -0.2) is 53.9 Å². The van der Waals surface area contributed by atoms with E-state index < -0.39 is 43.8 Å². The molecule has 0 unspecified atom stereocenters. The summed E-state index contributed by atoms with van der Waals surface area (Å²) in [5, 5.41) is -1.20. The summed E-state index contributed by atoms with van der Waals surface area (Å²) in [4.78, 5) is 38.0. The van der Waals surface area contributed by atoms with Crippen LogP contribution in [0.4, 0.5) is 0 Å². The maximum absolute atomic E-state index is 12.8. The molecule has 2 saturated heterocycles. The van der Waals surface area contributed by atoms with Gasteiger partial charge in [-0.3, -0.25) is 9.59 Å². The Hall–Kier alpha value is -2.42. The maximum atomic E-state index is 12.8. The first kappa shape index (κ1) is 18.4. The normalized spacial score (nSPS) is 28.8. The van der Waals surface area contributed by atoms with E-state index in [0.717, 1.165) is 11.8 Å². The number of carbonyl (C=O) groups is 3. The topological polar surface area (TPSA) is 107 Å². The summed E-state index contributed by atoms with van der Waals surface area (Å²) in [6, 6.07) is 7.25. The number of esters is 2. The molecule has 140 valence electrons. The van der Waals surface area contributed by atoms with Crippen LogP contribution in [0.15, 0.2) is 30.3 Å². The Labute approximate surface area is 151 Å². The van der Waals surface area contributed by atoms with Crippen LogP contribution in [0.3, 0.4) is 0 Å². The van der Waals surface area contributed by atoms with E-state index in [4.69, 9.17) is 9.47 Å². The van der Waals surface area contributed by atoms with Gasteiger partial charge in [0, 0.05) is 0 Å². The SMILES string of the molecule is CCOC(=O)[C@@]1(C)[C@H](C(=O)OCc2ccccc2)N2C(=O)C[C@H]2S1(=O)=O. The van der Waals surface area contributed by atoms with Gasteiger partial charge in [-0.1, -0.05) is 30.3 Å². The van der Waals surface area contributed by atoms with Gasteiger partial charge in [0.1, 0.15) is 12.0 Å². The van der Waals surface area contributed by atoms with Crippen LogP contribution < -0.4 is 0 Å². The summed E-state index contributed by atoms with van der Waals surface area (Å²) in [5.41, 5.74) is 0.700. The van der Waals surface area contributed by atoms with E-state index in [1.54, 1.807) is 30.3 Å². The highest BCUT2D eigenvalue weighted by molar-refractivity contribution is 7.94. The number of benzene rings is 1. The average Bonchev–Trinajstić information content (AvgIpc) is 2.76. The van der Waals surface area contributed by atoms with Crippen molar-refractivity contribution in [1.29, 1.82) is 0 Å². The number of amides is 1. The van der Waals surface area contributed by atoms with Crippen LogP contribution in [-0.2, 0) is 40.3 Å². The molecule has 2 aliphatic heterocycles. The van der Waals surface area contributed by atoms with Gasteiger partial charge < -0.3 is 14.4 Å². The molecule has 2 aliphatic rings. The second-order valence-corrected chi connectivity index (χ2v) is 8.81. The Morgan fingerprint density at radius 1 is 1.23 bits per heavy atom. The molecule has 9 heteroatoms. The van der Waals surface area contributed by atoms with Crippen LogP contribution in [0.25, 0.3) is 0 Å². The minimum absolute atomic E-state index is 0.0473.